The second kappa shape index (κ2) is 7.97. The number of halogens is 1. The zero-order valence-corrected chi connectivity index (χ0v) is 16.5. The normalized spacial score (nSPS) is 11.2. The summed E-state index contributed by atoms with van der Waals surface area (Å²) < 4.78 is 15.5. The molecule has 0 bridgehead atoms. The van der Waals surface area contributed by atoms with Crippen molar-refractivity contribution in [3.8, 4) is 5.95 Å². The minimum atomic E-state index is -0.264. The van der Waals surface area contributed by atoms with Crippen LogP contribution in [0.1, 0.15) is 29.6 Å². The summed E-state index contributed by atoms with van der Waals surface area (Å²) in [5.74, 6) is 1.45. The molecule has 148 valence electrons. The smallest absolute Gasteiger partial charge is 0.239 e. The highest BCUT2D eigenvalue weighted by Crippen LogP contribution is 2.26. The number of fused-ring (bicyclic) bond motifs is 1. The van der Waals surface area contributed by atoms with Gasteiger partial charge in [-0.2, -0.15) is 15.0 Å². The first-order valence-electron chi connectivity index (χ1n) is 9.62. The number of benzene rings is 2. The van der Waals surface area contributed by atoms with Crippen LogP contribution in [-0.2, 0) is 19.5 Å². The van der Waals surface area contributed by atoms with E-state index in [1.807, 2.05) is 42.7 Å². The molecule has 0 aliphatic heterocycles. The Kier molecular flexibility index (Phi) is 5.22. The SMILES string of the molecule is CCc1nc(NCc2cccc(F)c2)nc(-n2c(C)cc3c(CN)cccc32)n1. The van der Waals surface area contributed by atoms with Crippen molar-refractivity contribution in [2.75, 3.05) is 5.32 Å². The average Bonchev–Trinajstić information content (AvgIpc) is 3.08. The lowest BCUT2D eigenvalue weighted by atomic mass is 10.1. The summed E-state index contributed by atoms with van der Waals surface area (Å²) in [5, 5.41) is 4.29. The Morgan fingerprint density at radius 1 is 1.07 bits per heavy atom. The largest absolute Gasteiger partial charge is 0.350 e. The highest BCUT2D eigenvalue weighted by atomic mass is 19.1. The van der Waals surface area contributed by atoms with Gasteiger partial charge in [0.2, 0.25) is 11.9 Å². The van der Waals surface area contributed by atoms with Crippen LogP contribution < -0.4 is 11.1 Å². The van der Waals surface area contributed by atoms with Crippen LogP contribution in [0.15, 0.2) is 48.5 Å². The molecule has 4 aromatic rings. The molecule has 6 nitrogen and oxygen atoms in total. The molecule has 0 saturated carbocycles. The summed E-state index contributed by atoms with van der Waals surface area (Å²) >= 11 is 0. The van der Waals surface area contributed by atoms with Crippen molar-refractivity contribution in [3.63, 3.8) is 0 Å². The molecule has 0 amide bonds. The Bertz CT molecular complexity index is 1170. The van der Waals surface area contributed by atoms with Crippen molar-refractivity contribution in [1.29, 1.82) is 0 Å². The van der Waals surface area contributed by atoms with Crippen molar-refractivity contribution < 1.29 is 4.39 Å². The Morgan fingerprint density at radius 3 is 2.66 bits per heavy atom. The summed E-state index contributed by atoms with van der Waals surface area (Å²) in [5.41, 5.74) is 9.83. The van der Waals surface area contributed by atoms with Crippen LogP contribution in [0.25, 0.3) is 16.9 Å². The van der Waals surface area contributed by atoms with Gasteiger partial charge in [0.15, 0.2) is 0 Å². The van der Waals surface area contributed by atoms with Gasteiger partial charge in [0.05, 0.1) is 5.52 Å². The van der Waals surface area contributed by atoms with E-state index in [-0.39, 0.29) is 5.82 Å². The van der Waals surface area contributed by atoms with Gasteiger partial charge in [0.25, 0.3) is 0 Å². The lowest BCUT2D eigenvalue weighted by Crippen LogP contribution is -2.12. The van der Waals surface area contributed by atoms with Crippen molar-refractivity contribution in [3.05, 3.63) is 77.0 Å². The number of rotatable bonds is 6. The van der Waals surface area contributed by atoms with E-state index in [2.05, 4.69) is 26.3 Å². The van der Waals surface area contributed by atoms with Crippen LogP contribution in [0, 0.1) is 12.7 Å². The minimum Gasteiger partial charge on any atom is -0.350 e. The van der Waals surface area contributed by atoms with E-state index in [0.29, 0.717) is 37.2 Å². The molecule has 0 unspecified atom stereocenters. The standard InChI is InChI=1S/C22H23FN6/c1-3-20-26-21(25-13-15-6-4-8-17(23)11-15)28-22(27-20)29-14(2)10-18-16(12-24)7-5-9-19(18)29/h4-11H,3,12-13,24H2,1-2H3,(H,25,26,27,28). The zero-order chi connectivity index (χ0) is 20.4. The van der Waals surface area contributed by atoms with Gasteiger partial charge in [-0.05, 0) is 42.3 Å². The summed E-state index contributed by atoms with van der Waals surface area (Å²) in [6.07, 6.45) is 0.677. The Morgan fingerprint density at radius 2 is 1.90 bits per heavy atom. The lowest BCUT2D eigenvalue weighted by Gasteiger charge is -2.11. The van der Waals surface area contributed by atoms with Gasteiger partial charge in [0.1, 0.15) is 11.6 Å². The lowest BCUT2D eigenvalue weighted by molar-refractivity contribution is 0.626. The molecule has 0 radical (unpaired) electrons. The van der Waals surface area contributed by atoms with E-state index in [9.17, 15) is 4.39 Å². The van der Waals surface area contributed by atoms with Crippen LogP contribution in [0.4, 0.5) is 10.3 Å². The van der Waals surface area contributed by atoms with Gasteiger partial charge in [0, 0.05) is 30.6 Å². The second-order valence-electron chi connectivity index (χ2n) is 6.89. The molecule has 2 aromatic carbocycles. The third-order valence-corrected chi connectivity index (χ3v) is 4.87. The molecule has 2 heterocycles. The van der Waals surface area contributed by atoms with E-state index >= 15 is 0 Å². The summed E-state index contributed by atoms with van der Waals surface area (Å²) in [7, 11) is 0. The number of anilines is 1. The monoisotopic (exact) mass is 390 g/mol. The number of hydrogen-bond donors (Lipinski definition) is 2. The number of hydrogen-bond acceptors (Lipinski definition) is 5. The highest BCUT2D eigenvalue weighted by molar-refractivity contribution is 5.86. The van der Waals surface area contributed by atoms with Crippen molar-refractivity contribution in [2.45, 2.75) is 33.4 Å². The van der Waals surface area contributed by atoms with E-state index in [0.717, 1.165) is 27.7 Å². The first-order chi connectivity index (χ1) is 14.1. The molecule has 2 aromatic heterocycles. The zero-order valence-electron chi connectivity index (χ0n) is 16.5. The van der Waals surface area contributed by atoms with E-state index in [1.165, 1.54) is 12.1 Å². The van der Waals surface area contributed by atoms with Crippen LogP contribution in [0.2, 0.25) is 0 Å². The fourth-order valence-corrected chi connectivity index (χ4v) is 3.44. The maximum Gasteiger partial charge on any atom is 0.239 e. The maximum absolute atomic E-state index is 13.4. The predicted octanol–water partition coefficient (Wildman–Crippen LogP) is 3.90. The molecular weight excluding hydrogens is 367 g/mol. The second-order valence-corrected chi connectivity index (χ2v) is 6.89. The molecule has 4 rings (SSSR count). The van der Waals surface area contributed by atoms with Gasteiger partial charge in [-0.25, -0.2) is 4.39 Å². The molecule has 7 heteroatoms. The van der Waals surface area contributed by atoms with Crippen molar-refractivity contribution >= 4 is 16.9 Å². The number of nitrogens with two attached hydrogens (primary N) is 1. The third kappa shape index (κ3) is 3.82. The van der Waals surface area contributed by atoms with Gasteiger partial charge in [-0.1, -0.05) is 31.2 Å². The van der Waals surface area contributed by atoms with E-state index in [1.54, 1.807) is 6.07 Å². The van der Waals surface area contributed by atoms with Gasteiger partial charge < -0.3 is 11.1 Å². The summed E-state index contributed by atoms with van der Waals surface area (Å²) in [4.78, 5) is 13.8. The Hall–Kier alpha value is -3.32. The molecule has 29 heavy (non-hydrogen) atoms. The van der Waals surface area contributed by atoms with Gasteiger partial charge >= 0.3 is 0 Å². The Labute approximate surface area is 168 Å². The van der Waals surface area contributed by atoms with E-state index in [4.69, 9.17) is 5.73 Å². The predicted molar refractivity (Wildman–Crippen MR) is 112 cm³/mol. The first kappa shape index (κ1) is 19.0. The topological polar surface area (TPSA) is 81.7 Å². The maximum atomic E-state index is 13.4. The molecule has 0 aliphatic rings. The molecule has 3 N–H and O–H groups in total. The fourth-order valence-electron chi connectivity index (χ4n) is 3.44. The quantitative estimate of drug-likeness (QED) is 0.522. The van der Waals surface area contributed by atoms with Crippen molar-refractivity contribution in [1.82, 2.24) is 19.5 Å². The highest BCUT2D eigenvalue weighted by Gasteiger charge is 2.14. The van der Waals surface area contributed by atoms with Crippen LogP contribution >= 0.6 is 0 Å². The first-order valence-corrected chi connectivity index (χ1v) is 9.62. The van der Waals surface area contributed by atoms with Crippen LogP contribution in [0.5, 0.6) is 0 Å². The molecule has 0 saturated heterocycles. The van der Waals surface area contributed by atoms with Gasteiger partial charge in [-0.15, -0.1) is 0 Å². The number of aromatic nitrogens is 4. The number of nitrogens with one attached hydrogen (secondary N) is 1. The molecule has 0 aliphatic carbocycles. The molecular formula is C22H23FN6. The number of aryl methyl sites for hydroxylation is 2. The van der Waals surface area contributed by atoms with Gasteiger partial charge in [-0.3, -0.25) is 4.57 Å². The third-order valence-electron chi connectivity index (χ3n) is 4.87. The van der Waals surface area contributed by atoms with E-state index < -0.39 is 0 Å². The average molecular weight is 390 g/mol. The van der Waals surface area contributed by atoms with Crippen LogP contribution in [0.3, 0.4) is 0 Å². The summed E-state index contributed by atoms with van der Waals surface area (Å²) in [6, 6.07) is 14.6. The van der Waals surface area contributed by atoms with Crippen molar-refractivity contribution in [2.24, 2.45) is 5.73 Å². The summed E-state index contributed by atoms with van der Waals surface area (Å²) in [6.45, 7) is 4.92. The Balaban J connectivity index is 1.74. The molecule has 0 spiro atoms. The fraction of sp³-hybridized carbons (Fsp3) is 0.227. The number of nitrogens with zero attached hydrogens (tertiary/aromatic N) is 4. The molecule has 0 atom stereocenters. The van der Waals surface area contributed by atoms with Crippen LogP contribution in [-0.4, -0.2) is 19.5 Å². The molecule has 0 fully saturated rings. The minimum absolute atomic E-state index is 0.264.